The average Bonchev–Trinajstić information content (AvgIpc) is 2.61. The number of carbonyl (C=O) groups is 1. The molecule has 0 bridgehead atoms. The second kappa shape index (κ2) is 5.29. The lowest BCUT2D eigenvalue weighted by atomic mass is 10.1. The van der Waals surface area contributed by atoms with Crippen LogP contribution in [-0.4, -0.2) is 5.78 Å². The molecule has 2 aromatic rings. The molecule has 0 unspecified atom stereocenters. The van der Waals surface area contributed by atoms with Crippen molar-refractivity contribution in [3.8, 4) is 0 Å². The van der Waals surface area contributed by atoms with Gasteiger partial charge in [-0.1, -0.05) is 34.8 Å². The summed E-state index contributed by atoms with van der Waals surface area (Å²) in [4.78, 5) is 12.1. The first-order chi connectivity index (χ1) is 7.99. The molecular formula is C11H4BrCl3OS. The van der Waals surface area contributed by atoms with Crippen molar-refractivity contribution in [2.45, 2.75) is 0 Å². The first kappa shape index (κ1) is 13.4. The van der Waals surface area contributed by atoms with Crippen LogP contribution in [0.4, 0.5) is 0 Å². The molecule has 0 atom stereocenters. The second-order valence-electron chi connectivity index (χ2n) is 3.20. The van der Waals surface area contributed by atoms with E-state index in [2.05, 4.69) is 15.9 Å². The predicted molar refractivity (Wildman–Crippen MR) is 76.9 cm³/mol. The Morgan fingerprint density at radius 1 is 1.18 bits per heavy atom. The molecule has 1 aromatic carbocycles. The largest absolute Gasteiger partial charge is 0.289 e. The molecule has 1 nitrogen and oxygen atoms in total. The Labute approximate surface area is 125 Å². The Morgan fingerprint density at radius 2 is 1.88 bits per heavy atom. The van der Waals surface area contributed by atoms with Gasteiger partial charge in [-0.15, -0.1) is 11.3 Å². The normalized spacial score (nSPS) is 10.6. The van der Waals surface area contributed by atoms with Crippen LogP contribution in [0.25, 0.3) is 0 Å². The van der Waals surface area contributed by atoms with Crippen LogP contribution in [0.2, 0.25) is 13.7 Å². The van der Waals surface area contributed by atoms with Crippen LogP contribution in [0.3, 0.4) is 0 Å². The first-order valence-electron chi connectivity index (χ1n) is 4.43. The average molecular weight is 370 g/mol. The first-order valence-corrected chi connectivity index (χ1v) is 7.18. The lowest BCUT2D eigenvalue weighted by Crippen LogP contribution is -2.00. The van der Waals surface area contributed by atoms with Gasteiger partial charge in [0.2, 0.25) is 0 Å². The number of ketones is 1. The molecule has 6 heteroatoms. The lowest BCUT2D eigenvalue weighted by molar-refractivity contribution is 0.103. The number of hydrogen-bond donors (Lipinski definition) is 0. The van der Waals surface area contributed by atoms with E-state index in [1.54, 1.807) is 24.3 Å². The number of hydrogen-bond acceptors (Lipinski definition) is 2. The molecule has 2 rings (SSSR count). The Morgan fingerprint density at radius 3 is 2.41 bits per heavy atom. The van der Waals surface area contributed by atoms with Gasteiger partial charge >= 0.3 is 0 Å². The van der Waals surface area contributed by atoms with Crippen molar-refractivity contribution in [3.63, 3.8) is 0 Å². The van der Waals surface area contributed by atoms with Gasteiger partial charge in [0.05, 0.1) is 14.9 Å². The number of benzene rings is 1. The summed E-state index contributed by atoms with van der Waals surface area (Å²) >= 11 is 22.0. The van der Waals surface area contributed by atoms with Gasteiger partial charge in [-0.25, -0.2) is 0 Å². The van der Waals surface area contributed by atoms with Gasteiger partial charge in [-0.2, -0.15) is 0 Å². The molecule has 0 aliphatic heterocycles. The van der Waals surface area contributed by atoms with Crippen LogP contribution in [0, 0.1) is 0 Å². The number of rotatable bonds is 2. The van der Waals surface area contributed by atoms with E-state index < -0.39 is 0 Å². The summed E-state index contributed by atoms with van der Waals surface area (Å²) in [5.41, 5.74) is 0.925. The summed E-state index contributed by atoms with van der Waals surface area (Å²) in [5.74, 6) is -0.171. The van der Waals surface area contributed by atoms with E-state index >= 15 is 0 Å². The van der Waals surface area contributed by atoms with Crippen LogP contribution in [0.15, 0.2) is 28.7 Å². The SMILES string of the molecule is O=C(c1ccc(Cl)c(Br)c1)c1cc(Cl)sc1Cl. The number of thiophene rings is 1. The molecule has 0 N–H and O–H groups in total. The maximum Gasteiger partial charge on any atom is 0.195 e. The highest BCUT2D eigenvalue weighted by molar-refractivity contribution is 9.10. The fraction of sp³-hybridized carbons (Fsp3) is 0. The third-order valence-electron chi connectivity index (χ3n) is 2.08. The summed E-state index contributed by atoms with van der Waals surface area (Å²) in [6.07, 6.45) is 0. The van der Waals surface area contributed by atoms with Gasteiger partial charge in [-0.05, 0) is 40.2 Å². The van der Waals surface area contributed by atoms with Gasteiger partial charge in [0.15, 0.2) is 5.78 Å². The minimum Gasteiger partial charge on any atom is -0.289 e. The molecular weight excluding hydrogens is 366 g/mol. The van der Waals surface area contributed by atoms with Crippen molar-refractivity contribution in [1.82, 2.24) is 0 Å². The van der Waals surface area contributed by atoms with E-state index in [-0.39, 0.29) is 5.78 Å². The minimum atomic E-state index is -0.171. The predicted octanol–water partition coefficient (Wildman–Crippen LogP) is 5.70. The van der Waals surface area contributed by atoms with E-state index in [1.807, 2.05) is 0 Å². The van der Waals surface area contributed by atoms with Gasteiger partial charge in [0.1, 0.15) is 4.34 Å². The lowest BCUT2D eigenvalue weighted by Gasteiger charge is -2.01. The molecule has 1 aromatic heterocycles. The fourth-order valence-corrected chi connectivity index (χ4v) is 3.24. The van der Waals surface area contributed by atoms with Crippen LogP contribution in [0.5, 0.6) is 0 Å². The zero-order chi connectivity index (χ0) is 12.6. The van der Waals surface area contributed by atoms with Gasteiger partial charge in [0.25, 0.3) is 0 Å². The highest BCUT2D eigenvalue weighted by Gasteiger charge is 2.16. The maximum atomic E-state index is 12.1. The topological polar surface area (TPSA) is 17.1 Å². The van der Waals surface area contributed by atoms with E-state index in [4.69, 9.17) is 34.8 Å². The van der Waals surface area contributed by atoms with E-state index in [0.717, 1.165) is 0 Å². The van der Waals surface area contributed by atoms with E-state index in [1.165, 1.54) is 11.3 Å². The quantitative estimate of drug-likeness (QED) is 0.620. The standard InChI is InChI=1S/C11H4BrCl3OS/c12-7-3-5(1-2-8(7)13)10(16)6-4-9(14)17-11(6)15/h1-4H. The van der Waals surface area contributed by atoms with Crippen LogP contribution in [0.1, 0.15) is 15.9 Å². The summed E-state index contributed by atoms with van der Waals surface area (Å²) < 4.78 is 1.56. The zero-order valence-electron chi connectivity index (χ0n) is 8.14. The van der Waals surface area contributed by atoms with Gasteiger partial charge in [0, 0.05) is 10.0 Å². The molecule has 17 heavy (non-hydrogen) atoms. The Balaban J connectivity index is 2.44. The molecule has 0 aliphatic rings. The maximum absolute atomic E-state index is 12.1. The van der Waals surface area contributed by atoms with E-state index in [9.17, 15) is 4.79 Å². The van der Waals surface area contributed by atoms with Crippen LogP contribution >= 0.6 is 62.1 Å². The molecule has 0 spiro atoms. The fourth-order valence-electron chi connectivity index (χ4n) is 1.29. The molecule has 0 radical (unpaired) electrons. The number of carbonyl (C=O) groups excluding carboxylic acids is 1. The minimum absolute atomic E-state index is 0.171. The third-order valence-corrected chi connectivity index (χ3v) is 4.78. The molecule has 0 fully saturated rings. The Kier molecular flexibility index (Phi) is 4.16. The molecule has 0 saturated carbocycles. The van der Waals surface area contributed by atoms with Crippen molar-refractivity contribution in [2.24, 2.45) is 0 Å². The van der Waals surface area contributed by atoms with Crippen molar-refractivity contribution in [1.29, 1.82) is 0 Å². The molecule has 0 amide bonds. The van der Waals surface area contributed by atoms with Gasteiger partial charge < -0.3 is 0 Å². The molecule has 88 valence electrons. The summed E-state index contributed by atoms with van der Waals surface area (Å²) in [5, 5.41) is 0.552. The molecule has 1 heterocycles. The summed E-state index contributed by atoms with van der Waals surface area (Å²) in [6, 6.07) is 6.53. The van der Waals surface area contributed by atoms with Crippen molar-refractivity contribution in [2.75, 3.05) is 0 Å². The third kappa shape index (κ3) is 2.85. The van der Waals surface area contributed by atoms with Gasteiger partial charge in [-0.3, -0.25) is 4.79 Å². The summed E-state index contributed by atoms with van der Waals surface area (Å²) in [7, 11) is 0. The molecule has 0 aliphatic carbocycles. The zero-order valence-corrected chi connectivity index (χ0v) is 12.8. The monoisotopic (exact) mass is 368 g/mol. The Bertz CT molecular complexity index is 594. The Hall–Kier alpha value is -0.0600. The smallest absolute Gasteiger partial charge is 0.195 e. The van der Waals surface area contributed by atoms with Crippen molar-refractivity contribution in [3.05, 3.63) is 53.6 Å². The highest BCUT2D eigenvalue weighted by atomic mass is 79.9. The van der Waals surface area contributed by atoms with Crippen LogP contribution in [-0.2, 0) is 0 Å². The number of halogens is 4. The van der Waals surface area contributed by atoms with E-state index in [0.29, 0.717) is 29.3 Å². The summed E-state index contributed by atoms with van der Waals surface area (Å²) in [6.45, 7) is 0. The van der Waals surface area contributed by atoms with Crippen molar-refractivity contribution >= 4 is 67.9 Å². The highest BCUT2D eigenvalue weighted by Crippen LogP contribution is 2.33. The second-order valence-corrected chi connectivity index (χ2v) is 6.74. The van der Waals surface area contributed by atoms with Crippen LogP contribution < -0.4 is 0 Å². The van der Waals surface area contributed by atoms with Crippen molar-refractivity contribution < 1.29 is 4.79 Å². The molecule has 0 saturated heterocycles.